The van der Waals surface area contributed by atoms with E-state index in [1.807, 2.05) is 12.1 Å². The van der Waals surface area contributed by atoms with E-state index in [-0.39, 0.29) is 28.5 Å². The van der Waals surface area contributed by atoms with E-state index in [1.54, 1.807) is 7.11 Å². The van der Waals surface area contributed by atoms with Gasteiger partial charge in [0, 0.05) is 12.6 Å². The maximum Gasteiger partial charge on any atom is 0.273 e. The molecule has 0 saturated carbocycles. The van der Waals surface area contributed by atoms with Crippen LogP contribution < -0.4 is 26.8 Å². The molecule has 0 saturated heterocycles. The summed E-state index contributed by atoms with van der Waals surface area (Å²) in [6.07, 6.45) is 3.90. The van der Waals surface area contributed by atoms with Gasteiger partial charge in [-0.15, -0.1) is 0 Å². The van der Waals surface area contributed by atoms with Gasteiger partial charge >= 0.3 is 0 Å². The second-order valence-corrected chi connectivity index (χ2v) is 7.09. The van der Waals surface area contributed by atoms with E-state index in [4.69, 9.17) is 27.8 Å². The van der Waals surface area contributed by atoms with E-state index in [0.717, 1.165) is 38.0 Å². The first-order valence-electron chi connectivity index (χ1n) is 9.67. The highest BCUT2D eigenvalue weighted by Crippen LogP contribution is 2.17. The third-order valence-electron chi connectivity index (χ3n) is 4.50. The number of halogens is 1. The summed E-state index contributed by atoms with van der Waals surface area (Å²) >= 11 is 5.84. The number of rotatable bonds is 11. The molecule has 2 aromatic rings. The van der Waals surface area contributed by atoms with Crippen LogP contribution >= 0.6 is 11.6 Å². The molecule has 6 N–H and O–H groups in total. The van der Waals surface area contributed by atoms with Crippen LogP contribution in [0.5, 0.6) is 5.75 Å². The molecule has 0 aliphatic carbocycles. The molecule has 8 nitrogen and oxygen atoms in total. The van der Waals surface area contributed by atoms with E-state index in [9.17, 15) is 4.79 Å². The molecule has 9 heteroatoms. The first-order chi connectivity index (χ1) is 13.9. The van der Waals surface area contributed by atoms with Crippen LogP contribution in [0.4, 0.5) is 11.6 Å². The van der Waals surface area contributed by atoms with Crippen molar-refractivity contribution in [1.29, 1.82) is 0 Å². The standard InChI is InChI=1S/C20H29ClN6O2/c1-3-5-14(24-11-4-6-13-7-9-15(29-2)10-8-13)12-25-20(28)16-18(22)27-19(23)17(21)26-16/h7-10,14,24H,3-6,11-12H2,1-2H3,(H,25,28)(H4,22,23,27). The Balaban J connectivity index is 1.80. The number of amides is 1. The molecule has 0 fully saturated rings. The van der Waals surface area contributed by atoms with Gasteiger partial charge in [0.25, 0.3) is 5.91 Å². The molecule has 29 heavy (non-hydrogen) atoms. The van der Waals surface area contributed by atoms with Gasteiger partial charge in [0.15, 0.2) is 22.5 Å². The Morgan fingerprint density at radius 3 is 2.59 bits per heavy atom. The third-order valence-corrected chi connectivity index (χ3v) is 4.78. The van der Waals surface area contributed by atoms with Crippen molar-refractivity contribution in [3.63, 3.8) is 0 Å². The maximum absolute atomic E-state index is 12.4. The lowest BCUT2D eigenvalue weighted by Crippen LogP contribution is -2.41. The highest BCUT2D eigenvalue weighted by atomic mass is 35.5. The van der Waals surface area contributed by atoms with Crippen molar-refractivity contribution in [1.82, 2.24) is 20.6 Å². The minimum absolute atomic E-state index is 0.00287. The molecular formula is C20H29ClN6O2. The Morgan fingerprint density at radius 2 is 1.93 bits per heavy atom. The molecule has 0 radical (unpaired) electrons. The molecule has 1 aromatic carbocycles. The van der Waals surface area contributed by atoms with Crippen molar-refractivity contribution in [2.24, 2.45) is 0 Å². The Bertz CT molecular complexity index is 800. The minimum atomic E-state index is -0.418. The summed E-state index contributed by atoms with van der Waals surface area (Å²) in [6, 6.07) is 8.24. The number of nitrogens with one attached hydrogen (secondary N) is 2. The van der Waals surface area contributed by atoms with Gasteiger partial charge in [-0.2, -0.15) is 0 Å². The zero-order valence-corrected chi connectivity index (χ0v) is 17.6. The number of ether oxygens (including phenoxy) is 1. The van der Waals surface area contributed by atoms with Crippen LogP contribution in [-0.4, -0.2) is 42.1 Å². The topological polar surface area (TPSA) is 128 Å². The number of methoxy groups -OCH3 is 1. The number of nitrogens with two attached hydrogens (primary N) is 2. The number of nitrogen functional groups attached to an aromatic ring is 2. The number of hydrogen-bond donors (Lipinski definition) is 4. The molecule has 0 spiro atoms. The summed E-state index contributed by atoms with van der Waals surface area (Å²) < 4.78 is 5.17. The smallest absolute Gasteiger partial charge is 0.273 e. The lowest BCUT2D eigenvalue weighted by atomic mass is 10.1. The van der Waals surface area contributed by atoms with E-state index >= 15 is 0 Å². The molecule has 0 bridgehead atoms. The van der Waals surface area contributed by atoms with E-state index < -0.39 is 5.91 Å². The number of carbonyl (C=O) groups is 1. The summed E-state index contributed by atoms with van der Waals surface area (Å²) in [4.78, 5) is 20.1. The van der Waals surface area contributed by atoms with E-state index in [2.05, 4.69) is 39.7 Å². The molecule has 2 rings (SSSR count). The first-order valence-corrected chi connectivity index (χ1v) is 10.0. The zero-order valence-electron chi connectivity index (χ0n) is 16.9. The fourth-order valence-corrected chi connectivity index (χ4v) is 3.05. The average molecular weight is 421 g/mol. The van der Waals surface area contributed by atoms with E-state index in [0.29, 0.717) is 6.54 Å². The van der Waals surface area contributed by atoms with Crippen LogP contribution in [0.25, 0.3) is 0 Å². The summed E-state index contributed by atoms with van der Waals surface area (Å²) in [5.74, 6) is 0.406. The molecule has 1 unspecified atom stereocenters. The fourth-order valence-electron chi connectivity index (χ4n) is 2.92. The predicted molar refractivity (Wildman–Crippen MR) is 116 cm³/mol. The van der Waals surface area contributed by atoms with Crippen molar-refractivity contribution in [2.75, 3.05) is 31.7 Å². The van der Waals surface area contributed by atoms with Gasteiger partial charge in [-0.3, -0.25) is 4.79 Å². The van der Waals surface area contributed by atoms with Crippen molar-refractivity contribution in [3.8, 4) is 5.75 Å². The van der Waals surface area contributed by atoms with Crippen LogP contribution in [0.3, 0.4) is 0 Å². The molecule has 1 amide bonds. The van der Waals surface area contributed by atoms with Gasteiger partial charge in [-0.1, -0.05) is 37.1 Å². The number of carbonyl (C=O) groups excluding carboxylic acids is 1. The highest BCUT2D eigenvalue weighted by Gasteiger charge is 2.17. The summed E-state index contributed by atoms with van der Waals surface area (Å²) in [7, 11) is 1.66. The number of hydrogen-bond acceptors (Lipinski definition) is 7. The Labute approximate surface area is 176 Å². The van der Waals surface area contributed by atoms with Gasteiger partial charge < -0.3 is 26.8 Å². The van der Waals surface area contributed by atoms with Gasteiger partial charge in [0.05, 0.1) is 7.11 Å². The third kappa shape index (κ3) is 7.07. The van der Waals surface area contributed by atoms with Crippen molar-refractivity contribution < 1.29 is 9.53 Å². The van der Waals surface area contributed by atoms with Crippen LogP contribution in [0, 0.1) is 0 Å². The first kappa shape index (κ1) is 22.7. The SMILES string of the molecule is CCCC(CNC(=O)c1nc(Cl)c(N)nc1N)NCCCc1ccc(OC)cc1. The maximum atomic E-state index is 12.4. The van der Waals surface area contributed by atoms with Crippen molar-refractivity contribution in [3.05, 3.63) is 40.7 Å². The van der Waals surface area contributed by atoms with Crippen molar-refractivity contribution in [2.45, 2.75) is 38.6 Å². The monoisotopic (exact) mass is 420 g/mol. The number of anilines is 2. The van der Waals surface area contributed by atoms with Crippen molar-refractivity contribution >= 4 is 29.1 Å². The van der Waals surface area contributed by atoms with Crippen LogP contribution in [0.15, 0.2) is 24.3 Å². The molecule has 158 valence electrons. The molecule has 1 atom stereocenters. The predicted octanol–water partition coefficient (Wildman–Crippen LogP) is 2.42. The number of aromatic nitrogens is 2. The van der Waals surface area contributed by atoms with Gasteiger partial charge in [0.1, 0.15) is 5.75 Å². The Kier molecular flexibility index (Phi) is 8.95. The lowest BCUT2D eigenvalue weighted by Gasteiger charge is -2.19. The summed E-state index contributed by atoms with van der Waals surface area (Å²) in [5.41, 5.74) is 12.5. The summed E-state index contributed by atoms with van der Waals surface area (Å²) in [5, 5.41) is 6.31. The highest BCUT2D eigenvalue weighted by molar-refractivity contribution is 6.31. The Hall–Kier alpha value is -2.58. The van der Waals surface area contributed by atoms with Crippen LogP contribution in [-0.2, 0) is 6.42 Å². The second kappa shape index (κ2) is 11.4. The zero-order chi connectivity index (χ0) is 21.2. The molecule has 1 heterocycles. The van der Waals surface area contributed by atoms with Gasteiger partial charge in [0.2, 0.25) is 0 Å². The largest absolute Gasteiger partial charge is 0.497 e. The molecule has 0 aliphatic heterocycles. The fraction of sp³-hybridized carbons (Fsp3) is 0.450. The van der Waals surface area contributed by atoms with Gasteiger partial charge in [-0.05, 0) is 43.5 Å². The number of aryl methyl sites for hydroxylation is 1. The molecular weight excluding hydrogens is 392 g/mol. The van der Waals surface area contributed by atoms with Gasteiger partial charge in [-0.25, -0.2) is 9.97 Å². The quantitative estimate of drug-likeness (QED) is 0.411. The van der Waals surface area contributed by atoms with E-state index in [1.165, 1.54) is 5.56 Å². The number of benzene rings is 1. The average Bonchev–Trinajstić information content (AvgIpc) is 2.72. The lowest BCUT2D eigenvalue weighted by molar-refractivity contribution is 0.0944. The van der Waals surface area contributed by atoms with Crippen LogP contribution in [0.1, 0.15) is 42.2 Å². The second-order valence-electron chi connectivity index (χ2n) is 6.73. The normalized spacial score (nSPS) is 11.8. The number of nitrogens with zero attached hydrogens (tertiary/aromatic N) is 2. The van der Waals surface area contributed by atoms with Crippen LogP contribution in [0.2, 0.25) is 5.15 Å². The summed E-state index contributed by atoms with van der Waals surface area (Å²) in [6.45, 7) is 3.41. The molecule has 0 aliphatic rings. The molecule has 1 aromatic heterocycles. The minimum Gasteiger partial charge on any atom is -0.497 e. The Morgan fingerprint density at radius 1 is 1.21 bits per heavy atom.